The highest BCUT2D eigenvalue weighted by Gasteiger charge is 2.24. The highest BCUT2D eigenvalue weighted by molar-refractivity contribution is 7.10. The minimum absolute atomic E-state index is 0.0387. The monoisotopic (exact) mass is 263 g/mol. The van der Waals surface area contributed by atoms with Crippen molar-refractivity contribution in [3.8, 4) is 0 Å². The van der Waals surface area contributed by atoms with Crippen molar-refractivity contribution in [2.75, 3.05) is 13.1 Å². The summed E-state index contributed by atoms with van der Waals surface area (Å²) < 4.78 is 0. The molecule has 2 atom stereocenters. The summed E-state index contributed by atoms with van der Waals surface area (Å²) in [5.41, 5.74) is 0. The number of nitrogens with zero attached hydrogens (tertiary/aromatic N) is 1. The van der Waals surface area contributed by atoms with Crippen LogP contribution in [0.4, 0.5) is 0 Å². The quantitative estimate of drug-likeness (QED) is 0.766. The van der Waals surface area contributed by atoms with Crippen molar-refractivity contribution in [1.82, 2.24) is 10.6 Å². The number of aliphatic imine (C=N–C) groups is 1. The van der Waals surface area contributed by atoms with Crippen LogP contribution in [0.3, 0.4) is 0 Å². The molecule has 0 aromatic carbocycles. The maximum atomic E-state index is 9.83. The van der Waals surface area contributed by atoms with Gasteiger partial charge in [0.05, 0.1) is 0 Å². The van der Waals surface area contributed by atoms with Gasteiger partial charge in [0.1, 0.15) is 11.9 Å². The summed E-state index contributed by atoms with van der Waals surface area (Å²) in [5, 5.41) is 18.3. The molecule has 2 aliphatic rings. The molecule has 2 unspecified atom stereocenters. The van der Waals surface area contributed by atoms with E-state index in [4.69, 9.17) is 4.99 Å². The minimum atomic E-state index is -0.0387. The maximum Gasteiger partial charge on any atom is 0.187 e. The Kier molecular flexibility index (Phi) is 3.34. The van der Waals surface area contributed by atoms with E-state index in [9.17, 15) is 5.11 Å². The van der Waals surface area contributed by atoms with Crippen molar-refractivity contribution in [3.63, 3.8) is 0 Å². The van der Waals surface area contributed by atoms with Crippen molar-refractivity contribution in [2.45, 2.75) is 18.9 Å². The largest absolute Gasteiger partial charge is 0.495 e. The molecule has 3 heterocycles. The number of nitrogens with one attached hydrogen (secondary N) is 2. The summed E-state index contributed by atoms with van der Waals surface area (Å²) in [4.78, 5) is 5.91. The van der Waals surface area contributed by atoms with Crippen LogP contribution in [0.5, 0.6) is 0 Å². The maximum absolute atomic E-state index is 9.83. The van der Waals surface area contributed by atoms with Crippen molar-refractivity contribution in [2.24, 2.45) is 10.9 Å². The number of aliphatic hydroxyl groups excluding tert-OH is 1. The molecule has 1 fully saturated rings. The molecule has 0 amide bonds. The van der Waals surface area contributed by atoms with E-state index in [2.05, 4.69) is 16.7 Å². The second-order valence-electron chi connectivity index (χ2n) is 4.69. The Bertz CT molecular complexity index is 461. The van der Waals surface area contributed by atoms with Gasteiger partial charge in [0.25, 0.3) is 0 Å². The molecule has 0 bridgehead atoms. The highest BCUT2D eigenvalue weighted by atomic mass is 32.1. The van der Waals surface area contributed by atoms with Crippen LogP contribution in [-0.4, -0.2) is 24.0 Å². The van der Waals surface area contributed by atoms with Crippen LogP contribution in [0.15, 0.2) is 34.5 Å². The van der Waals surface area contributed by atoms with Gasteiger partial charge >= 0.3 is 0 Å². The third-order valence-corrected chi connectivity index (χ3v) is 4.31. The van der Waals surface area contributed by atoms with Crippen molar-refractivity contribution >= 4 is 17.2 Å². The molecule has 1 aromatic rings. The van der Waals surface area contributed by atoms with Crippen LogP contribution in [0, 0.1) is 5.92 Å². The molecule has 2 aliphatic heterocycles. The van der Waals surface area contributed by atoms with Gasteiger partial charge in [-0.15, -0.1) is 11.3 Å². The lowest BCUT2D eigenvalue weighted by molar-refractivity contribution is 0.369. The first-order valence-electron chi connectivity index (χ1n) is 6.32. The van der Waals surface area contributed by atoms with Crippen LogP contribution in [0.2, 0.25) is 0 Å². The van der Waals surface area contributed by atoms with Gasteiger partial charge in [0.2, 0.25) is 0 Å². The number of hydrogen-bond donors (Lipinski definition) is 3. The third-order valence-electron chi connectivity index (χ3n) is 3.37. The van der Waals surface area contributed by atoms with E-state index in [0.717, 1.165) is 25.3 Å². The zero-order chi connectivity index (χ0) is 12.4. The molecule has 1 aromatic heterocycles. The summed E-state index contributed by atoms with van der Waals surface area (Å²) in [6.45, 7) is 2.02. The lowest BCUT2D eigenvalue weighted by Gasteiger charge is -2.28. The van der Waals surface area contributed by atoms with Gasteiger partial charge in [-0.25, -0.2) is 0 Å². The van der Waals surface area contributed by atoms with E-state index in [0.29, 0.717) is 5.92 Å². The molecule has 5 heteroatoms. The normalized spacial score (nSPS) is 28.2. The molecule has 3 N–H and O–H groups in total. The van der Waals surface area contributed by atoms with Gasteiger partial charge in [-0.3, -0.25) is 4.99 Å². The molecular formula is C13H17N3OS. The highest BCUT2D eigenvalue weighted by Crippen LogP contribution is 2.28. The first kappa shape index (κ1) is 11.7. The van der Waals surface area contributed by atoms with Crippen LogP contribution in [-0.2, 0) is 0 Å². The minimum Gasteiger partial charge on any atom is -0.495 e. The second-order valence-corrected chi connectivity index (χ2v) is 5.67. The Hall–Kier alpha value is -1.33. The van der Waals surface area contributed by atoms with E-state index in [-0.39, 0.29) is 11.9 Å². The smallest absolute Gasteiger partial charge is 0.187 e. The van der Waals surface area contributed by atoms with Crippen LogP contribution in [0.25, 0.3) is 0 Å². The Morgan fingerprint density at radius 2 is 2.39 bits per heavy atom. The first-order valence-corrected chi connectivity index (χ1v) is 7.20. The van der Waals surface area contributed by atoms with Crippen molar-refractivity contribution in [1.29, 1.82) is 0 Å². The predicted octanol–water partition coefficient (Wildman–Crippen LogP) is 2.19. The fourth-order valence-electron chi connectivity index (χ4n) is 2.44. The van der Waals surface area contributed by atoms with Crippen LogP contribution >= 0.6 is 11.3 Å². The van der Waals surface area contributed by atoms with Crippen LogP contribution in [0.1, 0.15) is 23.8 Å². The Morgan fingerprint density at radius 3 is 3.11 bits per heavy atom. The molecule has 1 saturated heterocycles. The van der Waals surface area contributed by atoms with Gasteiger partial charge in [0.15, 0.2) is 5.88 Å². The molecule has 0 saturated carbocycles. The van der Waals surface area contributed by atoms with Crippen molar-refractivity contribution < 1.29 is 5.11 Å². The average Bonchev–Trinajstić information content (AvgIpc) is 2.93. The van der Waals surface area contributed by atoms with E-state index in [1.54, 1.807) is 17.4 Å². The summed E-state index contributed by atoms with van der Waals surface area (Å²) in [7, 11) is 0. The number of piperidine rings is 1. The Morgan fingerprint density at radius 1 is 1.44 bits per heavy atom. The van der Waals surface area contributed by atoms with Gasteiger partial charge < -0.3 is 15.7 Å². The average molecular weight is 263 g/mol. The molecule has 0 spiro atoms. The van der Waals surface area contributed by atoms with E-state index in [1.807, 2.05) is 11.4 Å². The summed E-state index contributed by atoms with van der Waals surface area (Å²) in [6, 6.07) is 4.04. The van der Waals surface area contributed by atoms with Crippen LogP contribution < -0.4 is 10.6 Å². The molecule has 0 aliphatic carbocycles. The fraction of sp³-hybridized carbons (Fsp3) is 0.462. The molecule has 4 nitrogen and oxygen atoms in total. The lowest BCUT2D eigenvalue weighted by atomic mass is 9.97. The van der Waals surface area contributed by atoms with E-state index < -0.39 is 0 Å². The Balaban J connectivity index is 1.82. The fourth-order valence-corrected chi connectivity index (χ4v) is 3.17. The third kappa shape index (κ3) is 2.42. The van der Waals surface area contributed by atoms with Gasteiger partial charge in [0, 0.05) is 23.4 Å². The number of rotatable bonds is 2. The second kappa shape index (κ2) is 5.12. The lowest BCUT2D eigenvalue weighted by Crippen LogP contribution is -2.41. The van der Waals surface area contributed by atoms with Gasteiger partial charge in [-0.1, -0.05) is 6.07 Å². The standard InChI is InChI=1S/C13H17N3OS/c17-12-7-10(11-4-2-6-18-11)15-13(16-12)9-3-1-5-14-8-9/h2,4,6-7,9-10,14,17H,1,3,5,8H2,(H,15,16). The van der Waals surface area contributed by atoms with E-state index in [1.165, 1.54) is 11.3 Å². The Labute approximate surface area is 110 Å². The molecule has 96 valence electrons. The molecule has 3 rings (SSSR count). The number of amidine groups is 1. The SMILES string of the molecule is OC1=CC(c2cccs2)N=C(C2CCCNC2)N1. The number of hydrogen-bond acceptors (Lipinski definition) is 5. The molecule has 18 heavy (non-hydrogen) atoms. The predicted molar refractivity (Wildman–Crippen MR) is 73.9 cm³/mol. The van der Waals surface area contributed by atoms with Gasteiger partial charge in [-0.05, 0) is 30.8 Å². The molecule has 0 radical (unpaired) electrons. The summed E-state index contributed by atoms with van der Waals surface area (Å²) in [5.74, 6) is 1.53. The topological polar surface area (TPSA) is 56.7 Å². The zero-order valence-electron chi connectivity index (χ0n) is 10.1. The van der Waals surface area contributed by atoms with Gasteiger partial charge in [-0.2, -0.15) is 0 Å². The first-order chi connectivity index (χ1) is 8.83. The zero-order valence-corrected chi connectivity index (χ0v) is 10.9. The summed E-state index contributed by atoms with van der Waals surface area (Å²) >= 11 is 1.67. The van der Waals surface area contributed by atoms with Crippen molar-refractivity contribution in [3.05, 3.63) is 34.3 Å². The van der Waals surface area contributed by atoms with E-state index >= 15 is 0 Å². The number of aliphatic hydroxyl groups is 1. The number of thiophene rings is 1. The molecular weight excluding hydrogens is 246 g/mol. The summed E-state index contributed by atoms with van der Waals surface area (Å²) in [6.07, 6.45) is 4.06.